The molecule has 0 heterocycles. The van der Waals surface area contributed by atoms with E-state index in [0.717, 1.165) is 4.90 Å². The Morgan fingerprint density at radius 2 is 1.71 bits per heavy atom. The predicted molar refractivity (Wildman–Crippen MR) is 125 cm³/mol. The van der Waals surface area contributed by atoms with Crippen LogP contribution in [-0.2, 0) is 30.5 Å². The number of hydrogen-bond donors (Lipinski definition) is 5. The van der Waals surface area contributed by atoms with Crippen LogP contribution in [0.3, 0.4) is 0 Å². The summed E-state index contributed by atoms with van der Waals surface area (Å²) in [6, 6.07) is 2.94. The summed E-state index contributed by atoms with van der Waals surface area (Å²) in [6.07, 6.45) is -0.747. The first kappa shape index (κ1) is 29.3. The molecule has 0 aromatic heterocycles. The van der Waals surface area contributed by atoms with Crippen LogP contribution >= 0.6 is 0 Å². The molecule has 0 aliphatic carbocycles. The summed E-state index contributed by atoms with van der Waals surface area (Å²) in [5, 5.41) is 19.4. The van der Waals surface area contributed by atoms with Crippen LogP contribution in [0.25, 0.3) is 0 Å². The number of rotatable bonds is 15. The van der Waals surface area contributed by atoms with Gasteiger partial charge in [0.15, 0.2) is 11.7 Å². The molecule has 2 atom stereocenters. The van der Waals surface area contributed by atoms with Crippen LogP contribution in [-0.4, -0.2) is 79.6 Å². The minimum Gasteiger partial charge on any atom is -0.497 e. The molecule has 0 aliphatic heterocycles. The number of esters is 1. The SMILES string of the molecule is COC(=O)CC(NCc1cc(OC)cc(OC)c1)C(=O)CC(=O)N(CCCC(N)C(=O)O)C(=N)N. The van der Waals surface area contributed by atoms with E-state index in [-0.39, 0.29) is 32.4 Å². The topological polar surface area (TPSA) is 207 Å². The number of hydrogen-bond acceptors (Lipinski definition) is 10. The first-order chi connectivity index (χ1) is 16.5. The number of Topliss-reactive ketones (excluding diaryl/α,β-unsaturated/α-hetero) is 1. The molecule has 0 aliphatic rings. The van der Waals surface area contributed by atoms with Gasteiger partial charge in [-0.25, -0.2) is 0 Å². The molecule has 1 aromatic rings. The molecule has 1 rings (SSSR count). The molecule has 1 amide bonds. The second-order valence-electron chi connectivity index (χ2n) is 7.60. The van der Waals surface area contributed by atoms with Crippen molar-refractivity contribution in [2.45, 2.75) is 44.3 Å². The number of methoxy groups -OCH3 is 3. The Labute approximate surface area is 203 Å². The highest BCUT2D eigenvalue weighted by molar-refractivity contribution is 6.06. The number of ketones is 1. The van der Waals surface area contributed by atoms with Crippen LogP contribution in [0.5, 0.6) is 11.5 Å². The number of carbonyl (C=O) groups is 4. The zero-order valence-electron chi connectivity index (χ0n) is 20.0. The maximum atomic E-state index is 12.9. The molecule has 0 saturated heterocycles. The molecule has 0 fully saturated rings. The summed E-state index contributed by atoms with van der Waals surface area (Å²) >= 11 is 0. The van der Waals surface area contributed by atoms with Crippen LogP contribution < -0.4 is 26.3 Å². The fraction of sp³-hybridized carbons (Fsp3) is 0.500. The number of nitrogens with zero attached hydrogens (tertiary/aromatic N) is 1. The molecular formula is C22H33N5O8. The Morgan fingerprint density at radius 1 is 1.11 bits per heavy atom. The highest BCUT2D eigenvalue weighted by Gasteiger charge is 2.27. The monoisotopic (exact) mass is 495 g/mol. The van der Waals surface area contributed by atoms with Gasteiger partial charge in [0.2, 0.25) is 5.91 Å². The Kier molecular flexibility index (Phi) is 12.2. The fourth-order valence-corrected chi connectivity index (χ4v) is 3.10. The van der Waals surface area contributed by atoms with Crippen molar-refractivity contribution in [1.29, 1.82) is 5.41 Å². The van der Waals surface area contributed by atoms with Gasteiger partial charge >= 0.3 is 11.9 Å². The number of carbonyl (C=O) groups excluding carboxylic acids is 3. The highest BCUT2D eigenvalue weighted by Crippen LogP contribution is 2.22. The summed E-state index contributed by atoms with van der Waals surface area (Å²) in [7, 11) is 4.18. The molecule has 2 unspecified atom stereocenters. The summed E-state index contributed by atoms with van der Waals surface area (Å²) < 4.78 is 15.1. The quantitative estimate of drug-likeness (QED) is 0.0915. The summed E-state index contributed by atoms with van der Waals surface area (Å²) in [5.41, 5.74) is 11.6. The van der Waals surface area contributed by atoms with Gasteiger partial charge in [-0.1, -0.05) is 0 Å². The lowest BCUT2D eigenvalue weighted by Crippen LogP contribution is -2.46. The lowest BCUT2D eigenvalue weighted by atomic mass is 10.0. The van der Waals surface area contributed by atoms with Gasteiger partial charge in [0.25, 0.3) is 0 Å². The van der Waals surface area contributed by atoms with Gasteiger partial charge in [0, 0.05) is 19.2 Å². The highest BCUT2D eigenvalue weighted by atomic mass is 16.5. The third-order valence-electron chi connectivity index (χ3n) is 5.08. The number of benzene rings is 1. The van der Waals surface area contributed by atoms with Crippen LogP contribution in [0.4, 0.5) is 0 Å². The van der Waals surface area contributed by atoms with Crippen molar-refractivity contribution in [2.24, 2.45) is 11.5 Å². The maximum absolute atomic E-state index is 12.9. The van der Waals surface area contributed by atoms with E-state index >= 15 is 0 Å². The van der Waals surface area contributed by atoms with E-state index < -0.39 is 48.1 Å². The molecule has 35 heavy (non-hydrogen) atoms. The largest absolute Gasteiger partial charge is 0.497 e. The van der Waals surface area contributed by atoms with Crippen molar-refractivity contribution < 1.29 is 38.5 Å². The Morgan fingerprint density at radius 3 is 2.20 bits per heavy atom. The van der Waals surface area contributed by atoms with E-state index in [0.29, 0.717) is 17.1 Å². The average molecular weight is 496 g/mol. The standard InChI is InChI=1S/C22H33N5O8/c1-33-14-7-13(8-15(9-14)34-2)12-26-17(10-20(30)35-3)18(28)11-19(29)27(22(24)25)6-4-5-16(23)21(31)32/h7-9,16-17,26H,4-6,10-12,23H2,1-3H3,(H3,24,25)(H,31,32). The molecule has 1 aromatic carbocycles. The van der Waals surface area contributed by atoms with E-state index in [1.807, 2.05) is 0 Å². The number of carboxylic acids is 1. The summed E-state index contributed by atoms with van der Waals surface area (Å²) in [6.45, 7) is 0.0692. The van der Waals surface area contributed by atoms with Crippen LogP contribution in [0, 0.1) is 5.41 Å². The Bertz CT molecular complexity index is 901. The minimum absolute atomic E-state index is 0.0524. The number of carboxylic acid groups (broad SMARTS) is 1. The average Bonchev–Trinajstić information content (AvgIpc) is 2.82. The lowest BCUT2D eigenvalue weighted by Gasteiger charge is -2.22. The van der Waals surface area contributed by atoms with Gasteiger partial charge < -0.3 is 36.1 Å². The molecule has 194 valence electrons. The number of aliphatic carboxylic acids is 1. The molecule has 0 radical (unpaired) electrons. The zero-order chi connectivity index (χ0) is 26.5. The lowest BCUT2D eigenvalue weighted by molar-refractivity contribution is -0.144. The van der Waals surface area contributed by atoms with E-state index in [9.17, 15) is 19.2 Å². The first-order valence-corrected chi connectivity index (χ1v) is 10.7. The van der Waals surface area contributed by atoms with Crippen molar-refractivity contribution in [3.63, 3.8) is 0 Å². The number of ether oxygens (including phenoxy) is 3. The van der Waals surface area contributed by atoms with Crippen molar-refractivity contribution in [2.75, 3.05) is 27.9 Å². The van der Waals surface area contributed by atoms with Crippen molar-refractivity contribution in [3.8, 4) is 11.5 Å². The van der Waals surface area contributed by atoms with E-state index in [1.54, 1.807) is 18.2 Å². The molecule has 13 heteroatoms. The second kappa shape index (κ2) is 14.5. The molecule has 0 bridgehead atoms. The number of nitrogens with one attached hydrogen (secondary N) is 2. The van der Waals surface area contributed by atoms with Crippen LogP contribution in [0.1, 0.15) is 31.2 Å². The Hall–Kier alpha value is -3.71. The number of nitrogens with two attached hydrogens (primary N) is 2. The van der Waals surface area contributed by atoms with Gasteiger partial charge in [-0.15, -0.1) is 0 Å². The Balaban J connectivity index is 2.89. The fourth-order valence-electron chi connectivity index (χ4n) is 3.10. The second-order valence-corrected chi connectivity index (χ2v) is 7.60. The van der Waals surface area contributed by atoms with Crippen LogP contribution in [0.2, 0.25) is 0 Å². The van der Waals surface area contributed by atoms with E-state index in [4.69, 9.17) is 31.5 Å². The predicted octanol–water partition coefficient (Wildman–Crippen LogP) is -0.402. The molecule has 13 nitrogen and oxygen atoms in total. The van der Waals surface area contributed by atoms with E-state index in [1.165, 1.54) is 21.3 Å². The van der Waals surface area contributed by atoms with Crippen molar-refractivity contribution >= 4 is 29.6 Å². The molecule has 0 spiro atoms. The molecule has 7 N–H and O–H groups in total. The van der Waals surface area contributed by atoms with Gasteiger partial charge in [0.1, 0.15) is 17.5 Å². The number of amides is 1. The zero-order valence-corrected chi connectivity index (χ0v) is 20.0. The summed E-state index contributed by atoms with van der Waals surface area (Å²) in [5.74, 6) is -2.73. The normalized spacial score (nSPS) is 12.2. The number of guanidine groups is 1. The van der Waals surface area contributed by atoms with Gasteiger partial charge in [-0.3, -0.25) is 29.5 Å². The van der Waals surface area contributed by atoms with Gasteiger partial charge in [-0.05, 0) is 30.5 Å². The maximum Gasteiger partial charge on any atom is 0.320 e. The molecular weight excluding hydrogens is 462 g/mol. The van der Waals surface area contributed by atoms with Gasteiger partial charge in [0.05, 0.1) is 40.2 Å². The third kappa shape index (κ3) is 9.98. The van der Waals surface area contributed by atoms with Crippen LogP contribution in [0.15, 0.2) is 18.2 Å². The smallest absolute Gasteiger partial charge is 0.320 e. The van der Waals surface area contributed by atoms with Crippen molar-refractivity contribution in [3.05, 3.63) is 23.8 Å². The first-order valence-electron chi connectivity index (χ1n) is 10.7. The third-order valence-corrected chi connectivity index (χ3v) is 5.08. The minimum atomic E-state index is -1.19. The van der Waals surface area contributed by atoms with E-state index in [2.05, 4.69) is 10.1 Å². The summed E-state index contributed by atoms with van der Waals surface area (Å²) in [4.78, 5) is 49.1. The van der Waals surface area contributed by atoms with Gasteiger partial charge in [-0.2, -0.15) is 0 Å². The van der Waals surface area contributed by atoms with Crippen molar-refractivity contribution in [1.82, 2.24) is 10.2 Å². The molecule has 0 saturated carbocycles.